The average Bonchev–Trinajstić information content (AvgIpc) is 2.83. The van der Waals surface area contributed by atoms with Crippen molar-refractivity contribution in [3.8, 4) is 0 Å². The summed E-state index contributed by atoms with van der Waals surface area (Å²) in [4.78, 5) is 25.6. The number of para-hydroxylation sites is 1. The number of hydrogen-bond donors (Lipinski definition) is 1. The molecule has 1 aromatic carbocycles. The van der Waals surface area contributed by atoms with Gasteiger partial charge in [0.1, 0.15) is 11.6 Å². The first kappa shape index (κ1) is 19.8. The monoisotopic (exact) mass is 403 g/mol. The molecule has 3 heterocycles. The first-order chi connectivity index (χ1) is 14.7. The van der Waals surface area contributed by atoms with Crippen LogP contribution in [0.25, 0.3) is 0 Å². The van der Waals surface area contributed by atoms with Gasteiger partial charge in [-0.3, -0.25) is 4.79 Å². The molecule has 0 saturated carbocycles. The van der Waals surface area contributed by atoms with Crippen molar-refractivity contribution in [3.05, 3.63) is 78.1 Å². The van der Waals surface area contributed by atoms with E-state index in [0.717, 1.165) is 49.2 Å². The summed E-state index contributed by atoms with van der Waals surface area (Å²) in [5.41, 5.74) is 2.52. The summed E-state index contributed by atoms with van der Waals surface area (Å²) in [5.74, 6) is 1.56. The maximum Gasteiger partial charge on any atom is 0.253 e. The number of nitrogens with zero attached hydrogens (tertiary/aromatic N) is 4. The van der Waals surface area contributed by atoms with E-state index in [1.807, 2.05) is 60.5 Å². The number of nitrogens with one attached hydrogen (secondary N) is 1. The van der Waals surface area contributed by atoms with Crippen molar-refractivity contribution < 1.29 is 9.53 Å². The molecule has 1 N–H and O–H groups in total. The van der Waals surface area contributed by atoms with Gasteiger partial charge in [0.2, 0.25) is 0 Å². The Hall–Kier alpha value is -3.45. The third kappa shape index (κ3) is 4.75. The molecule has 2 aromatic heterocycles. The highest BCUT2D eigenvalue weighted by Crippen LogP contribution is 2.21. The second-order valence-electron chi connectivity index (χ2n) is 7.11. The Balaban J connectivity index is 1.32. The molecule has 4 rings (SSSR count). The van der Waals surface area contributed by atoms with Crippen LogP contribution in [0.2, 0.25) is 0 Å². The van der Waals surface area contributed by atoms with E-state index in [2.05, 4.69) is 20.2 Å². The molecule has 1 amide bonds. The van der Waals surface area contributed by atoms with Gasteiger partial charge >= 0.3 is 0 Å². The van der Waals surface area contributed by atoms with Crippen LogP contribution in [0.5, 0.6) is 0 Å². The minimum absolute atomic E-state index is 0.159. The van der Waals surface area contributed by atoms with Gasteiger partial charge in [-0.15, -0.1) is 0 Å². The van der Waals surface area contributed by atoms with Gasteiger partial charge in [-0.05, 0) is 35.9 Å². The van der Waals surface area contributed by atoms with Crippen LogP contribution in [-0.2, 0) is 11.3 Å². The lowest BCUT2D eigenvalue weighted by molar-refractivity contribution is 0.0950. The van der Waals surface area contributed by atoms with E-state index in [1.165, 1.54) is 0 Å². The lowest BCUT2D eigenvalue weighted by atomic mass is 10.2. The largest absolute Gasteiger partial charge is 0.378 e. The van der Waals surface area contributed by atoms with Gasteiger partial charge in [0, 0.05) is 44.8 Å². The van der Waals surface area contributed by atoms with E-state index in [0.29, 0.717) is 12.1 Å². The maximum absolute atomic E-state index is 12.5. The summed E-state index contributed by atoms with van der Waals surface area (Å²) >= 11 is 0. The highest BCUT2D eigenvalue weighted by molar-refractivity contribution is 5.94. The van der Waals surface area contributed by atoms with Crippen molar-refractivity contribution in [3.63, 3.8) is 0 Å². The molecule has 7 nitrogen and oxygen atoms in total. The SMILES string of the molecule is CN(c1ccccc1)c1ccc(C(=O)NCc2ccc(N3CCOCC3)nc2)cn1. The second kappa shape index (κ2) is 9.37. The van der Waals surface area contributed by atoms with Crippen LogP contribution < -0.4 is 15.1 Å². The summed E-state index contributed by atoms with van der Waals surface area (Å²) in [7, 11) is 1.95. The summed E-state index contributed by atoms with van der Waals surface area (Å²) in [6.07, 6.45) is 3.41. The highest BCUT2D eigenvalue weighted by atomic mass is 16.5. The molecule has 30 heavy (non-hydrogen) atoms. The fourth-order valence-corrected chi connectivity index (χ4v) is 3.29. The van der Waals surface area contributed by atoms with Gasteiger partial charge in [-0.25, -0.2) is 9.97 Å². The average molecular weight is 403 g/mol. The summed E-state index contributed by atoms with van der Waals surface area (Å²) in [6.45, 7) is 3.58. The quantitative estimate of drug-likeness (QED) is 0.682. The van der Waals surface area contributed by atoms with Crippen molar-refractivity contribution in [2.45, 2.75) is 6.54 Å². The molecule has 1 fully saturated rings. The van der Waals surface area contributed by atoms with Crippen LogP contribution in [0.15, 0.2) is 67.0 Å². The molecule has 0 unspecified atom stereocenters. The van der Waals surface area contributed by atoms with E-state index in [4.69, 9.17) is 4.74 Å². The highest BCUT2D eigenvalue weighted by Gasteiger charge is 2.13. The Morgan fingerprint density at radius 1 is 1.03 bits per heavy atom. The molecule has 1 saturated heterocycles. The van der Waals surface area contributed by atoms with Gasteiger partial charge in [-0.1, -0.05) is 24.3 Å². The van der Waals surface area contributed by atoms with Crippen LogP contribution in [0.1, 0.15) is 15.9 Å². The van der Waals surface area contributed by atoms with E-state index in [-0.39, 0.29) is 5.91 Å². The predicted molar refractivity (Wildman–Crippen MR) is 117 cm³/mol. The molecule has 3 aromatic rings. The molecule has 154 valence electrons. The number of ether oxygens (including phenoxy) is 1. The third-order valence-electron chi connectivity index (χ3n) is 5.09. The second-order valence-corrected chi connectivity index (χ2v) is 7.11. The topological polar surface area (TPSA) is 70.6 Å². The van der Waals surface area contributed by atoms with Crippen molar-refractivity contribution in [2.24, 2.45) is 0 Å². The number of aromatic nitrogens is 2. The number of benzene rings is 1. The van der Waals surface area contributed by atoms with E-state index in [9.17, 15) is 4.79 Å². The molecule has 0 bridgehead atoms. The van der Waals surface area contributed by atoms with E-state index < -0.39 is 0 Å². The number of hydrogen-bond acceptors (Lipinski definition) is 6. The number of carbonyl (C=O) groups is 1. The van der Waals surface area contributed by atoms with Crippen LogP contribution >= 0.6 is 0 Å². The Morgan fingerprint density at radius 2 is 1.83 bits per heavy atom. The Morgan fingerprint density at radius 3 is 2.50 bits per heavy atom. The Kier molecular flexibility index (Phi) is 6.20. The number of pyridine rings is 2. The molecule has 1 aliphatic rings. The molecule has 7 heteroatoms. The molecular formula is C23H25N5O2. The number of morpholine rings is 1. The zero-order chi connectivity index (χ0) is 20.8. The number of rotatable bonds is 6. The molecule has 0 radical (unpaired) electrons. The van der Waals surface area contributed by atoms with E-state index in [1.54, 1.807) is 18.5 Å². The molecule has 0 aliphatic carbocycles. The standard InChI is InChI=1S/C23H25N5O2/c1-27(20-5-3-2-4-6-20)21-10-8-19(17-25-21)23(29)26-16-18-7-9-22(24-15-18)28-11-13-30-14-12-28/h2-10,15,17H,11-14,16H2,1H3,(H,26,29). The van der Waals surface area contributed by atoms with Crippen LogP contribution in [0.3, 0.4) is 0 Å². The third-order valence-corrected chi connectivity index (χ3v) is 5.09. The number of anilines is 3. The number of amides is 1. The first-order valence-corrected chi connectivity index (χ1v) is 10.0. The van der Waals surface area contributed by atoms with Gasteiger partial charge in [0.25, 0.3) is 5.91 Å². The molecule has 0 atom stereocenters. The Labute approximate surface area is 176 Å². The van der Waals surface area contributed by atoms with E-state index >= 15 is 0 Å². The summed E-state index contributed by atoms with van der Waals surface area (Å²) < 4.78 is 5.37. The van der Waals surface area contributed by atoms with Crippen molar-refractivity contribution >= 4 is 23.2 Å². The van der Waals surface area contributed by atoms with Crippen LogP contribution in [0, 0.1) is 0 Å². The minimum atomic E-state index is -0.159. The van der Waals surface area contributed by atoms with Gasteiger partial charge in [0.05, 0.1) is 18.8 Å². The maximum atomic E-state index is 12.5. The van der Waals surface area contributed by atoms with Gasteiger partial charge < -0.3 is 19.9 Å². The zero-order valence-corrected chi connectivity index (χ0v) is 17.0. The predicted octanol–water partition coefficient (Wildman–Crippen LogP) is 3.01. The minimum Gasteiger partial charge on any atom is -0.378 e. The van der Waals surface area contributed by atoms with Gasteiger partial charge in [-0.2, -0.15) is 0 Å². The normalized spacial score (nSPS) is 13.7. The fraction of sp³-hybridized carbons (Fsp3) is 0.261. The van der Waals surface area contributed by atoms with Crippen molar-refractivity contribution in [1.29, 1.82) is 0 Å². The Bertz CT molecular complexity index is 955. The smallest absolute Gasteiger partial charge is 0.253 e. The summed E-state index contributed by atoms with van der Waals surface area (Å²) in [5, 5.41) is 2.93. The molecular weight excluding hydrogens is 378 g/mol. The zero-order valence-electron chi connectivity index (χ0n) is 17.0. The molecule has 1 aliphatic heterocycles. The van der Waals surface area contributed by atoms with Gasteiger partial charge in [0.15, 0.2) is 0 Å². The van der Waals surface area contributed by atoms with Crippen molar-refractivity contribution in [1.82, 2.24) is 15.3 Å². The molecule has 0 spiro atoms. The lowest BCUT2D eigenvalue weighted by Crippen LogP contribution is -2.36. The van der Waals surface area contributed by atoms with Crippen LogP contribution in [0.4, 0.5) is 17.3 Å². The van der Waals surface area contributed by atoms with Crippen molar-refractivity contribution in [2.75, 3.05) is 43.2 Å². The summed E-state index contributed by atoms with van der Waals surface area (Å²) in [6, 6.07) is 17.6. The van der Waals surface area contributed by atoms with Crippen LogP contribution in [-0.4, -0.2) is 49.2 Å². The number of carbonyl (C=O) groups excluding carboxylic acids is 1. The fourth-order valence-electron chi connectivity index (χ4n) is 3.29. The lowest BCUT2D eigenvalue weighted by Gasteiger charge is -2.27. The first-order valence-electron chi connectivity index (χ1n) is 10.0.